The summed E-state index contributed by atoms with van der Waals surface area (Å²) in [5.74, 6) is 1.20. The molecule has 1 aromatic heterocycles. The van der Waals surface area contributed by atoms with Crippen molar-refractivity contribution < 1.29 is 0 Å². The van der Waals surface area contributed by atoms with Crippen LogP contribution in [-0.2, 0) is 6.42 Å². The van der Waals surface area contributed by atoms with Gasteiger partial charge in [0.05, 0.1) is 5.52 Å². The zero-order chi connectivity index (χ0) is 11.7. The third-order valence-corrected chi connectivity index (χ3v) is 2.87. The lowest BCUT2D eigenvalue weighted by atomic mass is 9.99. The molecule has 2 nitrogen and oxygen atoms in total. The molecule has 0 atom stereocenters. The summed E-state index contributed by atoms with van der Waals surface area (Å²) in [6.45, 7) is 8.90. The van der Waals surface area contributed by atoms with E-state index in [4.69, 9.17) is 0 Å². The Bertz CT molecular complexity index is 480. The number of aromatic amines is 1. The first-order chi connectivity index (χ1) is 7.58. The summed E-state index contributed by atoms with van der Waals surface area (Å²) in [5, 5.41) is 8.76. The number of fused-ring (bicyclic) bond motifs is 1. The highest BCUT2D eigenvalue weighted by Crippen LogP contribution is 2.24. The second-order valence-electron chi connectivity index (χ2n) is 5.24. The molecule has 2 heteroatoms. The number of hydrogen-bond acceptors (Lipinski definition) is 1. The van der Waals surface area contributed by atoms with E-state index in [0.717, 1.165) is 11.9 Å². The van der Waals surface area contributed by atoms with Crippen molar-refractivity contribution in [1.29, 1.82) is 0 Å². The second-order valence-corrected chi connectivity index (χ2v) is 5.24. The quantitative estimate of drug-likeness (QED) is 0.828. The summed E-state index contributed by atoms with van der Waals surface area (Å²) in [7, 11) is 0. The first kappa shape index (κ1) is 11.2. The van der Waals surface area contributed by atoms with Gasteiger partial charge in [-0.3, -0.25) is 5.10 Å². The maximum Gasteiger partial charge on any atom is 0.0924 e. The minimum absolute atomic E-state index is 0.499. The Morgan fingerprint density at radius 2 is 1.94 bits per heavy atom. The molecule has 0 saturated carbocycles. The average Bonchev–Trinajstić information content (AvgIpc) is 2.59. The van der Waals surface area contributed by atoms with Crippen molar-refractivity contribution in [1.82, 2.24) is 10.2 Å². The first-order valence-electron chi connectivity index (χ1n) is 6.05. The van der Waals surface area contributed by atoms with Gasteiger partial charge in [0.1, 0.15) is 0 Å². The topological polar surface area (TPSA) is 28.7 Å². The third-order valence-electron chi connectivity index (χ3n) is 2.87. The number of H-pyrrole nitrogens is 1. The standard InChI is InChI=1S/C14H20N2/c1-9(2)7-11-5-6-13-12(8-11)14(10(3)4)16-15-13/h5-6,8-10H,7H2,1-4H3,(H,15,16). The van der Waals surface area contributed by atoms with Crippen molar-refractivity contribution in [3.05, 3.63) is 29.5 Å². The Hall–Kier alpha value is -1.31. The SMILES string of the molecule is CC(C)Cc1ccc2n[nH]c(C(C)C)c2c1. The van der Waals surface area contributed by atoms with Crippen LogP contribution in [0.15, 0.2) is 18.2 Å². The van der Waals surface area contributed by atoms with Crippen LogP contribution in [0.5, 0.6) is 0 Å². The zero-order valence-corrected chi connectivity index (χ0v) is 10.5. The molecule has 0 saturated heterocycles. The van der Waals surface area contributed by atoms with E-state index in [2.05, 4.69) is 56.1 Å². The molecule has 0 bridgehead atoms. The summed E-state index contributed by atoms with van der Waals surface area (Å²) in [6.07, 6.45) is 1.14. The molecule has 0 fully saturated rings. The predicted molar refractivity (Wildman–Crippen MR) is 68.7 cm³/mol. The van der Waals surface area contributed by atoms with Crippen molar-refractivity contribution in [3.63, 3.8) is 0 Å². The van der Waals surface area contributed by atoms with Crippen molar-refractivity contribution in [2.75, 3.05) is 0 Å². The van der Waals surface area contributed by atoms with Gasteiger partial charge in [0.25, 0.3) is 0 Å². The van der Waals surface area contributed by atoms with Crippen LogP contribution >= 0.6 is 0 Å². The van der Waals surface area contributed by atoms with Crippen LogP contribution in [0.25, 0.3) is 10.9 Å². The summed E-state index contributed by atoms with van der Waals surface area (Å²) in [4.78, 5) is 0. The highest BCUT2D eigenvalue weighted by molar-refractivity contribution is 5.82. The highest BCUT2D eigenvalue weighted by Gasteiger charge is 2.09. The molecule has 1 aromatic carbocycles. The van der Waals surface area contributed by atoms with Crippen LogP contribution in [0.4, 0.5) is 0 Å². The first-order valence-corrected chi connectivity index (χ1v) is 6.05. The van der Waals surface area contributed by atoms with Gasteiger partial charge in [-0.2, -0.15) is 5.10 Å². The fourth-order valence-corrected chi connectivity index (χ4v) is 2.12. The van der Waals surface area contributed by atoms with Gasteiger partial charge >= 0.3 is 0 Å². The molecule has 2 aromatic rings. The molecular weight excluding hydrogens is 196 g/mol. The lowest BCUT2D eigenvalue weighted by Crippen LogP contribution is -1.94. The molecule has 0 unspecified atom stereocenters. The van der Waals surface area contributed by atoms with Gasteiger partial charge in [-0.15, -0.1) is 0 Å². The van der Waals surface area contributed by atoms with E-state index >= 15 is 0 Å². The number of benzene rings is 1. The van der Waals surface area contributed by atoms with Crippen LogP contribution in [0.3, 0.4) is 0 Å². The molecular formula is C14H20N2. The Morgan fingerprint density at radius 3 is 2.56 bits per heavy atom. The summed E-state index contributed by atoms with van der Waals surface area (Å²) in [5.41, 5.74) is 3.74. The molecule has 0 aliphatic carbocycles. The smallest absolute Gasteiger partial charge is 0.0924 e. The van der Waals surface area contributed by atoms with E-state index in [1.165, 1.54) is 16.6 Å². The van der Waals surface area contributed by atoms with Crippen LogP contribution in [0.2, 0.25) is 0 Å². The van der Waals surface area contributed by atoms with Crippen LogP contribution < -0.4 is 0 Å². The van der Waals surface area contributed by atoms with Crippen LogP contribution in [0, 0.1) is 5.92 Å². The Labute approximate surface area is 97.1 Å². The predicted octanol–water partition coefficient (Wildman–Crippen LogP) is 3.88. The normalized spacial score (nSPS) is 11.9. The van der Waals surface area contributed by atoms with E-state index in [1.807, 2.05) is 0 Å². The monoisotopic (exact) mass is 216 g/mol. The van der Waals surface area contributed by atoms with E-state index in [0.29, 0.717) is 11.8 Å². The maximum absolute atomic E-state index is 4.34. The van der Waals surface area contributed by atoms with Gasteiger partial charge in [-0.1, -0.05) is 33.8 Å². The number of nitrogens with one attached hydrogen (secondary N) is 1. The number of nitrogens with zero attached hydrogens (tertiary/aromatic N) is 1. The molecule has 0 aliphatic rings. The van der Waals surface area contributed by atoms with E-state index in [9.17, 15) is 0 Å². The number of aromatic nitrogens is 2. The highest BCUT2D eigenvalue weighted by atomic mass is 15.1. The number of rotatable bonds is 3. The average molecular weight is 216 g/mol. The van der Waals surface area contributed by atoms with E-state index < -0.39 is 0 Å². The number of hydrogen-bond donors (Lipinski definition) is 1. The van der Waals surface area contributed by atoms with Crippen molar-refractivity contribution in [2.24, 2.45) is 5.92 Å². The third kappa shape index (κ3) is 2.11. The fraction of sp³-hybridized carbons (Fsp3) is 0.500. The molecule has 16 heavy (non-hydrogen) atoms. The minimum atomic E-state index is 0.499. The van der Waals surface area contributed by atoms with Crippen molar-refractivity contribution in [3.8, 4) is 0 Å². The van der Waals surface area contributed by atoms with Gasteiger partial charge in [0.2, 0.25) is 0 Å². The van der Waals surface area contributed by atoms with E-state index in [1.54, 1.807) is 0 Å². The Morgan fingerprint density at radius 1 is 1.19 bits per heavy atom. The van der Waals surface area contributed by atoms with Gasteiger partial charge in [-0.05, 0) is 36.0 Å². The summed E-state index contributed by atoms with van der Waals surface area (Å²) in [6, 6.07) is 6.59. The van der Waals surface area contributed by atoms with Crippen LogP contribution in [-0.4, -0.2) is 10.2 Å². The van der Waals surface area contributed by atoms with Crippen LogP contribution in [0.1, 0.15) is 44.9 Å². The van der Waals surface area contributed by atoms with Gasteiger partial charge in [0, 0.05) is 11.1 Å². The van der Waals surface area contributed by atoms with Crippen molar-refractivity contribution >= 4 is 10.9 Å². The summed E-state index contributed by atoms with van der Waals surface area (Å²) >= 11 is 0. The fourth-order valence-electron chi connectivity index (χ4n) is 2.12. The molecule has 1 N–H and O–H groups in total. The lowest BCUT2D eigenvalue weighted by Gasteiger charge is -2.06. The van der Waals surface area contributed by atoms with Gasteiger partial charge in [0.15, 0.2) is 0 Å². The molecule has 2 rings (SSSR count). The molecule has 86 valence electrons. The van der Waals surface area contributed by atoms with Gasteiger partial charge < -0.3 is 0 Å². The Balaban J connectivity index is 2.46. The summed E-state index contributed by atoms with van der Waals surface area (Å²) < 4.78 is 0. The lowest BCUT2D eigenvalue weighted by molar-refractivity contribution is 0.648. The Kier molecular flexibility index (Phi) is 2.99. The van der Waals surface area contributed by atoms with Crippen molar-refractivity contribution in [2.45, 2.75) is 40.0 Å². The molecule has 0 radical (unpaired) electrons. The molecule has 0 spiro atoms. The van der Waals surface area contributed by atoms with E-state index in [-0.39, 0.29) is 0 Å². The maximum atomic E-state index is 4.34. The minimum Gasteiger partial charge on any atom is -0.281 e. The molecule has 0 aliphatic heterocycles. The zero-order valence-electron chi connectivity index (χ0n) is 10.5. The largest absolute Gasteiger partial charge is 0.281 e. The second kappa shape index (κ2) is 4.28. The molecule has 0 amide bonds. The van der Waals surface area contributed by atoms with Gasteiger partial charge in [-0.25, -0.2) is 0 Å². The molecule has 1 heterocycles.